The van der Waals surface area contributed by atoms with Crippen molar-refractivity contribution in [2.75, 3.05) is 26.5 Å². The number of hydrogen-bond acceptors (Lipinski definition) is 5. The summed E-state index contributed by atoms with van der Waals surface area (Å²) in [5, 5.41) is 0. The highest BCUT2D eigenvalue weighted by Crippen LogP contribution is 2.19. The van der Waals surface area contributed by atoms with Crippen molar-refractivity contribution in [3.63, 3.8) is 0 Å². The molecule has 0 amide bonds. The summed E-state index contributed by atoms with van der Waals surface area (Å²) in [4.78, 5) is 6.57. The molecule has 2 aromatic rings. The summed E-state index contributed by atoms with van der Waals surface area (Å²) in [6.45, 7) is 3.44. The van der Waals surface area contributed by atoms with Crippen LogP contribution in [0.1, 0.15) is 12.8 Å². The van der Waals surface area contributed by atoms with Gasteiger partial charge in [0, 0.05) is 24.9 Å². The van der Waals surface area contributed by atoms with E-state index in [0.29, 0.717) is 30.8 Å². The van der Waals surface area contributed by atoms with Gasteiger partial charge in [-0.2, -0.15) is 0 Å². The molecule has 0 aliphatic rings. The van der Waals surface area contributed by atoms with Crippen LogP contribution >= 0.6 is 0 Å². The molecule has 1 unspecified atom stereocenters. The first kappa shape index (κ1) is 12.9. The minimum Gasteiger partial charge on any atom is -0.439 e. The van der Waals surface area contributed by atoms with E-state index in [1.54, 1.807) is 13.2 Å². The van der Waals surface area contributed by atoms with Gasteiger partial charge in [-0.1, -0.05) is 0 Å². The number of methoxy groups -OCH3 is 1. The van der Waals surface area contributed by atoms with Crippen molar-refractivity contribution < 1.29 is 9.15 Å². The molecule has 18 heavy (non-hydrogen) atoms. The molecule has 0 aliphatic carbocycles. The lowest BCUT2D eigenvalue weighted by Crippen LogP contribution is -2.32. The topological polar surface area (TPSA) is 64.5 Å². The largest absolute Gasteiger partial charge is 0.439 e. The maximum Gasteiger partial charge on any atom is 0.209 e. The van der Waals surface area contributed by atoms with E-state index in [4.69, 9.17) is 14.9 Å². The third kappa shape index (κ3) is 2.80. The van der Waals surface area contributed by atoms with E-state index >= 15 is 0 Å². The van der Waals surface area contributed by atoms with Crippen LogP contribution in [-0.2, 0) is 11.3 Å². The number of benzene rings is 1. The fourth-order valence-corrected chi connectivity index (χ4v) is 1.79. The monoisotopic (exact) mass is 249 g/mol. The molecule has 0 bridgehead atoms. The number of nitrogen functional groups attached to an aromatic ring is 1. The Morgan fingerprint density at radius 2 is 2.28 bits per heavy atom. The Bertz CT molecular complexity index is 524. The number of oxazole rings is 1. The molecule has 0 aliphatic heterocycles. The van der Waals surface area contributed by atoms with Gasteiger partial charge in [-0.3, -0.25) is 4.90 Å². The van der Waals surface area contributed by atoms with Crippen molar-refractivity contribution in [2.45, 2.75) is 19.5 Å². The number of nitrogens with zero attached hydrogens (tertiary/aromatic N) is 2. The minimum atomic E-state index is 0.315. The van der Waals surface area contributed by atoms with Gasteiger partial charge >= 0.3 is 0 Å². The van der Waals surface area contributed by atoms with Crippen molar-refractivity contribution in [2.24, 2.45) is 0 Å². The summed E-state index contributed by atoms with van der Waals surface area (Å²) in [7, 11) is 3.72. The third-order valence-electron chi connectivity index (χ3n) is 3.00. The first-order chi connectivity index (χ1) is 8.60. The Morgan fingerprint density at radius 3 is 3.00 bits per heavy atom. The van der Waals surface area contributed by atoms with E-state index in [0.717, 1.165) is 11.1 Å². The maximum atomic E-state index is 5.71. The average molecular weight is 249 g/mol. The van der Waals surface area contributed by atoms with Crippen molar-refractivity contribution in [3.05, 3.63) is 24.1 Å². The zero-order chi connectivity index (χ0) is 13.1. The lowest BCUT2D eigenvalue weighted by atomic mass is 10.3. The van der Waals surface area contributed by atoms with Crippen molar-refractivity contribution in [3.8, 4) is 0 Å². The molecule has 1 atom stereocenters. The third-order valence-corrected chi connectivity index (χ3v) is 3.00. The molecule has 0 fully saturated rings. The highest BCUT2D eigenvalue weighted by molar-refractivity contribution is 5.76. The average Bonchev–Trinajstić information content (AvgIpc) is 2.70. The second kappa shape index (κ2) is 5.37. The predicted molar refractivity (Wildman–Crippen MR) is 71.2 cm³/mol. The number of aromatic nitrogens is 1. The van der Waals surface area contributed by atoms with Crippen molar-refractivity contribution in [1.82, 2.24) is 9.88 Å². The number of fused-ring (bicyclic) bond motifs is 1. The quantitative estimate of drug-likeness (QED) is 0.820. The smallest absolute Gasteiger partial charge is 0.209 e. The zero-order valence-corrected chi connectivity index (χ0v) is 11.0. The molecule has 0 spiro atoms. The van der Waals surface area contributed by atoms with Gasteiger partial charge < -0.3 is 14.9 Å². The second-order valence-electron chi connectivity index (χ2n) is 4.55. The standard InChI is InChI=1S/C13H19N3O2/c1-9(8-17-3)16(2)7-13-15-11-5-4-10(14)6-12(11)18-13/h4-6,9H,7-8,14H2,1-3H3. The highest BCUT2D eigenvalue weighted by atomic mass is 16.5. The van der Waals surface area contributed by atoms with Crippen molar-refractivity contribution >= 4 is 16.8 Å². The van der Waals surface area contributed by atoms with Gasteiger partial charge in [0.2, 0.25) is 5.89 Å². The molecule has 1 aromatic carbocycles. The first-order valence-corrected chi connectivity index (χ1v) is 5.94. The molecular formula is C13H19N3O2. The van der Waals surface area contributed by atoms with Crippen LogP contribution in [0.15, 0.2) is 22.6 Å². The van der Waals surface area contributed by atoms with Gasteiger partial charge in [-0.25, -0.2) is 4.98 Å². The number of ether oxygens (including phenoxy) is 1. The van der Waals surface area contributed by atoms with Crippen LogP contribution in [0.3, 0.4) is 0 Å². The van der Waals surface area contributed by atoms with Crippen LogP contribution < -0.4 is 5.73 Å². The van der Waals surface area contributed by atoms with Crippen LogP contribution in [0.25, 0.3) is 11.1 Å². The molecule has 0 radical (unpaired) electrons. The van der Waals surface area contributed by atoms with E-state index in [2.05, 4.69) is 16.8 Å². The van der Waals surface area contributed by atoms with Gasteiger partial charge in [0.15, 0.2) is 5.58 Å². The van der Waals surface area contributed by atoms with E-state index < -0.39 is 0 Å². The van der Waals surface area contributed by atoms with Gasteiger partial charge in [-0.05, 0) is 26.1 Å². The minimum absolute atomic E-state index is 0.315. The van der Waals surface area contributed by atoms with E-state index in [1.807, 2.05) is 19.2 Å². The first-order valence-electron chi connectivity index (χ1n) is 5.94. The highest BCUT2D eigenvalue weighted by Gasteiger charge is 2.13. The fourth-order valence-electron chi connectivity index (χ4n) is 1.79. The molecule has 0 saturated carbocycles. The molecule has 2 N–H and O–H groups in total. The molecule has 0 saturated heterocycles. The SMILES string of the molecule is COCC(C)N(C)Cc1nc2ccc(N)cc2o1. The number of rotatable bonds is 5. The number of likely N-dealkylation sites (N-methyl/N-ethyl adjacent to an activating group) is 1. The van der Waals surface area contributed by atoms with Gasteiger partial charge in [0.05, 0.1) is 13.2 Å². The van der Waals surface area contributed by atoms with E-state index in [1.165, 1.54) is 0 Å². The van der Waals surface area contributed by atoms with Crippen LogP contribution in [0, 0.1) is 0 Å². The lowest BCUT2D eigenvalue weighted by molar-refractivity contribution is 0.107. The van der Waals surface area contributed by atoms with Crippen LogP contribution in [0.4, 0.5) is 5.69 Å². The Kier molecular flexibility index (Phi) is 3.84. The van der Waals surface area contributed by atoms with Gasteiger partial charge in [0.1, 0.15) is 5.52 Å². The summed E-state index contributed by atoms with van der Waals surface area (Å²) >= 11 is 0. The molecule has 5 nitrogen and oxygen atoms in total. The zero-order valence-electron chi connectivity index (χ0n) is 11.0. The Labute approximate surface area is 107 Å². The Hall–Kier alpha value is -1.59. The summed E-state index contributed by atoms with van der Waals surface area (Å²) in [6.07, 6.45) is 0. The molecular weight excluding hydrogens is 230 g/mol. The fraction of sp³-hybridized carbons (Fsp3) is 0.462. The van der Waals surface area contributed by atoms with Crippen LogP contribution in [0.2, 0.25) is 0 Å². The van der Waals surface area contributed by atoms with Gasteiger partial charge in [0.25, 0.3) is 0 Å². The predicted octanol–water partition coefficient (Wildman–Crippen LogP) is 1.88. The summed E-state index contributed by atoms with van der Waals surface area (Å²) in [5.41, 5.74) is 7.97. The molecule has 2 rings (SSSR count). The molecule has 1 heterocycles. The number of nitrogens with two attached hydrogens (primary N) is 1. The molecule has 1 aromatic heterocycles. The summed E-state index contributed by atoms with van der Waals surface area (Å²) < 4.78 is 10.8. The normalized spacial score (nSPS) is 13.3. The van der Waals surface area contributed by atoms with Gasteiger partial charge in [-0.15, -0.1) is 0 Å². The lowest BCUT2D eigenvalue weighted by Gasteiger charge is -2.22. The number of anilines is 1. The maximum absolute atomic E-state index is 5.71. The number of hydrogen-bond donors (Lipinski definition) is 1. The van der Waals surface area contributed by atoms with Crippen molar-refractivity contribution in [1.29, 1.82) is 0 Å². The van der Waals surface area contributed by atoms with E-state index in [-0.39, 0.29) is 0 Å². The van der Waals surface area contributed by atoms with Crippen LogP contribution in [0.5, 0.6) is 0 Å². The van der Waals surface area contributed by atoms with E-state index in [9.17, 15) is 0 Å². The second-order valence-corrected chi connectivity index (χ2v) is 4.55. The summed E-state index contributed by atoms with van der Waals surface area (Å²) in [5.74, 6) is 0.695. The summed E-state index contributed by atoms with van der Waals surface area (Å²) in [6, 6.07) is 5.81. The Balaban J connectivity index is 2.12. The van der Waals surface area contributed by atoms with Crippen LogP contribution in [-0.4, -0.2) is 36.7 Å². The Morgan fingerprint density at radius 1 is 1.50 bits per heavy atom. The molecule has 98 valence electrons. The molecule has 5 heteroatoms.